The van der Waals surface area contributed by atoms with E-state index in [1.165, 1.54) is 0 Å². The lowest BCUT2D eigenvalue weighted by atomic mass is 10.1. The average molecular weight is 237 g/mol. The molecular formula is C13H19NO3. The van der Waals surface area contributed by atoms with E-state index in [1.54, 1.807) is 13.0 Å². The summed E-state index contributed by atoms with van der Waals surface area (Å²) in [5.41, 5.74) is 1.76. The standard InChI is InChI=1S/C13H19NO3/c1-3-9(2)13(16)17-8-10-4-5-14-7-11(15)6-12(10)14/h3-4,11-12,15H,5-8H2,1-2H3/b9-3-. The molecule has 0 spiro atoms. The Balaban J connectivity index is 1.87. The van der Waals surface area contributed by atoms with Gasteiger partial charge < -0.3 is 9.84 Å². The molecule has 4 heteroatoms. The molecule has 1 fully saturated rings. The second-order valence-corrected chi connectivity index (χ2v) is 4.69. The number of allylic oxidation sites excluding steroid dienone is 1. The predicted molar refractivity (Wildman–Crippen MR) is 64.5 cm³/mol. The molecule has 0 radical (unpaired) electrons. The third-order valence-corrected chi connectivity index (χ3v) is 3.52. The molecule has 0 aromatic heterocycles. The monoisotopic (exact) mass is 237 g/mol. The molecule has 2 aliphatic heterocycles. The maximum Gasteiger partial charge on any atom is 0.333 e. The third-order valence-electron chi connectivity index (χ3n) is 3.52. The van der Waals surface area contributed by atoms with Gasteiger partial charge in [-0.2, -0.15) is 0 Å². The number of nitrogens with zero attached hydrogens (tertiary/aromatic N) is 1. The van der Waals surface area contributed by atoms with Crippen LogP contribution in [0.5, 0.6) is 0 Å². The number of carbonyl (C=O) groups is 1. The molecule has 0 aromatic rings. The molecular weight excluding hydrogens is 218 g/mol. The van der Waals surface area contributed by atoms with Crippen LogP contribution in [0.2, 0.25) is 0 Å². The molecule has 94 valence electrons. The number of hydrogen-bond acceptors (Lipinski definition) is 4. The zero-order chi connectivity index (χ0) is 12.4. The van der Waals surface area contributed by atoms with Crippen molar-refractivity contribution in [3.63, 3.8) is 0 Å². The molecule has 0 aromatic carbocycles. The summed E-state index contributed by atoms with van der Waals surface area (Å²) in [6.07, 6.45) is 4.37. The summed E-state index contributed by atoms with van der Waals surface area (Å²) in [5.74, 6) is -0.259. The molecule has 2 rings (SSSR count). The van der Waals surface area contributed by atoms with Crippen LogP contribution in [0, 0.1) is 0 Å². The van der Waals surface area contributed by atoms with Crippen LogP contribution in [0.15, 0.2) is 23.3 Å². The summed E-state index contributed by atoms with van der Waals surface area (Å²) < 4.78 is 5.24. The molecule has 1 N–H and O–H groups in total. The fourth-order valence-corrected chi connectivity index (χ4v) is 2.37. The van der Waals surface area contributed by atoms with E-state index in [1.807, 2.05) is 6.92 Å². The van der Waals surface area contributed by atoms with Gasteiger partial charge in [0.25, 0.3) is 0 Å². The van der Waals surface area contributed by atoms with E-state index in [2.05, 4.69) is 11.0 Å². The summed E-state index contributed by atoms with van der Waals surface area (Å²) in [6.45, 7) is 5.50. The number of fused-ring (bicyclic) bond motifs is 1. The fraction of sp³-hybridized carbons (Fsp3) is 0.615. The zero-order valence-corrected chi connectivity index (χ0v) is 10.3. The second-order valence-electron chi connectivity index (χ2n) is 4.69. The van der Waals surface area contributed by atoms with E-state index in [-0.39, 0.29) is 18.1 Å². The molecule has 17 heavy (non-hydrogen) atoms. The Labute approximate surface area is 102 Å². The Hall–Kier alpha value is -1.13. The number of esters is 1. The summed E-state index contributed by atoms with van der Waals surface area (Å²) in [7, 11) is 0. The van der Waals surface area contributed by atoms with Crippen LogP contribution in [0.1, 0.15) is 20.3 Å². The van der Waals surface area contributed by atoms with Crippen molar-refractivity contribution in [2.24, 2.45) is 0 Å². The van der Waals surface area contributed by atoms with Gasteiger partial charge in [-0.3, -0.25) is 4.90 Å². The lowest BCUT2D eigenvalue weighted by molar-refractivity contribution is -0.138. The third kappa shape index (κ3) is 2.58. The Bertz CT molecular complexity index is 373. The molecule has 0 amide bonds. The van der Waals surface area contributed by atoms with Crippen molar-refractivity contribution in [2.45, 2.75) is 32.4 Å². The van der Waals surface area contributed by atoms with E-state index in [4.69, 9.17) is 4.74 Å². The van der Waals surface area contributed by atoms with Gasteiger partial charge in [0.1, 0.15) is 6.61 Å². The van der Waals surface area contributed by atoms with Crippen molar-refractivity contribution in [3.05, 3.63) is 23.3 Å². The number of ether oxygens (including phenoxy) is 1. The highest BCUT2D eigenvalue weighted by Gasteiger charge is 2.36. The molecule has 2 aliphatic rings. The van der Waals surface area contributed by atoms with Crippen LogP contribution >= 0.6 is 0 Å². The maximum atomic E-state index is 11.5. The van der Waals surface area contributed by atoms with Gasteiger partial charge >= 0.3 is 5.97 Å². The molecule has 1 saturated heterocycles. The SMILES string of the molecule is C/C=C(/C)C(=O)OCC1=CCN2CC(O)CC12. The van der Waals surface area contributed by atoms with Gasteiger partial charge in [-0.25, -0.2) is 4.79 Å². The largest absolute Gasteiger partial charge is 0.458 e. The first-order valence-electron chi connectivity index (χ1n) is 6.03. The number of hydrogen-bond donors (Lipinski definition) is 1. The minimum atomic E-state index is -0.259. The van der Waals surface area contributed by atoms with Crippen LogP contribution in [0.4, 0.5) is 0 Å². The molecule has 2 unspecified atom stereocenters. The maximum absolute atomic E-state index is 11.5. The smallest absolute Gasteiger partial charge is 0.333 e. The number of carbonyl (C=O) groups excluding carboxylic acids is 1. The van der Waals surface area contributed by atoms with Crippen molar-refractivity contribution in [2.75, 3.05) is 19.7 Å². The van der Waals surface area contributed by atoms with Crippen molar-refractivity contribution >= 4 is 5.97 Å². The normalized spacial score (nSPS) is 29.1. The van der Waals surface area contributed by atoms with Crippen molar-refractivity contribution < 1.29 is 14.6 Å². The van der Waals surface area contributed by atoms with Crippen LogP contribution in [0.25, 0.3) is 0 Å². The van der Waals surface area contributed by atoms with E-state index in [9.17, 15) is 9.90 Å². The Morgan fingerprint density at radius 2 is 2.47 bits per heavy atom. The minimum Gasteiger partial charge on any atom is -0.458 e. The van der Waals surface area contributed by atoms with Gasteiger partial charge in [0.05, 0.1) is 6.10 Å². The summed E-state index contributed by atoms with van der Waals surface area (Å²) >= 11 is 0. The van der Waals surface area contributed by atoms with E-state index >= 15 is 0 Å². The van der Waals surface area contributed by atoms with E-state index in [0.29, 0.717) is 12.2 Å². The van der Waals surface area contributed by atoms with Gasteiger partial charge in [-0.05, 0) is 25.8 Å². The highest BCUT2D eigenvalue weighted by atomic mass is 16.5. The highest BCUT2D eigenvalue weighted by Crippen LogP contribution is 2.28. The number of aliphatic hydroxyl groups excluding tert-OH is 1. The fourth-order valence-electron chi connectivity index (χ4n) is 2.37. The summed E-state index contributed by atoms with van der Waals surface area (Å²) in [6, 6.07) is 0.267. The Kier molecular flexibility index (Phi) is 3.64. The van der Waals surface area contributed by atoms with Crippen molar-refractivity contribution in [1.29, 1.82) is 0 Å². The Morgan fingerprint density at radius 3 is 3.18 bits per heavy atom. The molecule has 0 aliphatic carbocycles. The highest BCUT2D eigenvalue weighted by molar-refractivity contribution is 5.87. The predicted octanol–water partition coefficient (Wildman–Crippen LogP) is 0.871. The van der Waals surface area contributed by atoms with Crippen LogP contribution < -0.4 is 0 Å². The van der Waals surface area contributed by atoms with Gasteiger partial charge in [0.2, 0.25) is 0 Å². The lowest BCUT2D eigenvalue weighted by Gasteiger charge is -2.17. The summed E-state index contributed by atoms with van der Waals surface area (Å²) in [5, 5.41) is 9.57. The number of rotatable bonds is 3. The molecule has 4 nitrogen and oxygen atoms in total. The van der Waals surface area contributed by atoms with Crippen molar-refractivity contribution in [1.82, 2.24) is 4.90 Å². The second kappa shape index (κ2) is 5.02. The first-order chi connectivity index (χ1) is 8.11. The lowest BCUT2D eigenvalue weighted by Crippen LogP contribution is -2.27. The molecule has 0 bridgehead atoms. The van der Waals surface area contributed by atoms with Crippen molar-refractivity contribution in [3.8, 4) is 0 Å². The first kappa shape index (κ1) is 12.3. The van der Waals surface area contributed by atoms with Gasteiger partial charge in [-0.1, -0.05) is 12.2 Å². The minimum absolute atomic E-state index is 0.239. The van der Waals surface area contributed by atoms with Crippen LogP contribution in [-0.4, -0.2) is 47.8 Å². The molecule has 2 heterocycles. The topological polar surface area (TPSA) is 49.8 Å². The van der Waals surface area contributed by atoms with E-state index < -0.39 is 0 Å². The first-order valence-corrected chi connectivity index (χ1v) is 6.03. The van der Waals surface area contributed by atoms with Gasteiger partial charge in [-0.15, -0.1) is 0 Å². The summed E-state index contributed by atoms with van der Waals surface area (Å²) in [4.78, 5) is 13.7. The number of aliphatic hydroxyl groups is 1. The average Bonchev–Trinajstić information content (AvgIpc) is 2.84. The van der Waals surface area contributed by atoms with E-state index in [0.717, 1.165) is 25.1 Å². The Morgan fingerprint density at radius 1 is 1.71 bits per heavy atom. The van der Waals surface area contributed by atoms with Crippen LogP contribution in [-0.2, 0) is 9.53 Å². The quantitative estimate of drug-likeness (QED) is 0.449. The zero-order valence-electron chi connectivity index (χ0n) is 10.3. The molecule has 0 saturated carbocycles. The van der Waals surface area contributed by atoms with Crippen LogP contribution in [0.3, 0.4) is 0 Å². The van der Waals surface area contributed by atoms with Gasteiger partial charge in [0.15, 0.2) is 0 Å². The molecule has 2 atom stereocenters. The van der Waals surface area contributed by atoms with Gasteiger partial charge in [0, 0.05) is 24.7 Å².